The summed E-state index contributed by atoms with van der Waals surface area (Å²) in [6, 6.07) is 6.97. The van der Waals surface area contributed by atoms with Gasteiger partial charge in [-0.05, 0) is 37.5 Å². The summed E-state index contributed by atoms with van der Waals surface area (Å²) < 4.78 is 26.4. The predicted molar refractivity (Wildman–Crippen MR) is 68.6 cm³/mol. The second-order valence-electron chi connectivity index (χ2n) is 4.39. The average molecular weight is 274 g/mol. The number of hydrogen-bond acceptors (Lipinski definition) is 2. The van der Waals surface area contributed by atoms with Crippen LogP contribution in [0.15, 0.2) is 29.2 Å². The third kappa shape index (κ3) is 2.49. The van der Waals surface area contributed by atoms with Gasteiger partial charge in [0.2, 0.25) is 10.0 Å². The highest BCUT2D eigenvalue weighted by Gasteiger charge is 2.32. The van der Waals surface area contributed by atoms with Crippen LogP contribution in [0.5, 0.6) is 0 Å². The third-order valence-corrected chi connectivity index (χ3v) is 5.47. The molecule has 0 bridgehead atoms. The largest absolute Gasteiger partial charge is 0.243 e. The lowest BCUT2D eigenvalue weighted by Gasteiger charge is -2.21. The van der Waals surface area contributed by atoms with Crippen LogP contribution in [0.3, 0.4) is 0 Å². The van der Waals surface area contributed by atoms with E-state index in [1.165, 1.54) is 0 Å². The molecule has 0 saturated carbocycles. The molecular formula is C12H16ClNO2S. The molecule has 5 heteroatoms. The van der Waals surface area contributed by atoms with Crippen molar-refractivity contribution in [2.24, 2.45) is 0 Å². The lowest BCUT2D eigenvalue weighted by atomic mass is 10.2. The van der Waals surface area contributed by atoms with Crippen molar-refractivity contribution in [1.29, 1.82) is 0 Å². The van der Waals surface area contributed by atoms with Crippen LogP contribution in [-0.4, -0.2) is 25.3 Å². The molecule has 1 unspecified atom stereocenters. The van der Waals surface area contributed by atoms with E-state index < -0.39 is 10.0 Å². The fourth-order valence-corrected chi connectivity index (χ4v) is 4.12. The van der Waals surface area contributed by atoms with Gasteiger partial charge in [0, 0.05) is 18.5 Å². The van der Waals surface area contributed by atoms with Gasteiger partial charge in [0.25, 0.3) is 0 Å². The SMILES string of the molecule is CC1CCCN1S(=O)(=O)c1cccc(CCl)c1. The zero-order chi connectivity index (χ0) is 12.5. The molecule has 1 heterocycles. The van der Waals surface area contributed by atoms with E-state index in [-0.39, 0.29) is 6.04 Å². The van der Waals surface area contributed by atoms with Gasteiger partial charge >= 0.3 is 0 Å². The van der Waals surface area contributed by atoms with Gasteiger partial charge < -0.3 is 0 Å². The van der Waals surface area contributed by atoms with Gasteiger partial charge in [0.05, 0.1) is 4.90 Å². The molecule has 2 rings (SSSR count). The molecule has 3 nitrogen and oxygen atoms in total. The Morgan fingerprint density at radius 3 is 2.82 bits per heavy atom. The molecule has 17 heavy (non-hydrogen) atoms. The predicted octanol–water partition coefficient (Wildman–Crippen LogP) is 2.60. The fourth-order valence-electron chi connectivity index (χ4n) is 2.19. The molecule has 0 radical (unpaired) electrons. The summed E-state index contributed by atoms with van der Waals surface area (Å²) in [7, 11) is -3.35. The summed E-state index contributed by atoms with van der Waals surface area (Å²) in [5.74, 6) is 0.332. The summed E-state index contributed by atoms with van der Waals surface area (Å²) in [4.78, 5) is 0.351. The van der Waals surface area contributed by atoms with Crippen molar-refractivity contribution < 1.29 is 8.42 Å². The molecule has 94 valence electrons. The van der Waals surface area contributed by atoms with Crippen LogP contribution in [-0.2, 0) is 15.9 Å². The highest BCUT2D eigenvalue weighted by atomic mass is 35.5. The van der Waals surface area contributed by atoms with Crippen LogP contribution in [0.1, 0.15) is 25.3 Å². The van der Waals surface area contributed by atoms with Gasteiger partial charge in [-0.1, -0.05) is 12.1 Å². The van der Waals surface area contributed by atoms with Gasteiger partial charge in [0.15, 0.2) is 0 Å². The minimum absolute atomic E-state index is 0.0969. The maximum Gasteiger partial charge on any atom is 0.243 e. The molecule has 1 atom stereocenters. The molecule has 1 aromatic carbocycles. The highest BCUT2D eigenvalue weighted by molar-refractivity contribution is 7.89. The maximum atomic E-state index is 12.4. The Balaban J connectivity index is 2.37. The van der Waals surface area contributed by atoms with E-state index in [0.29, 0.717) is 17.3 Å². The van der Waals surface area contributed by atoms with E-state index in [1.807, 2.05) is 13.0 Å². The van der Waals surface area contributed by atoms with Crippen molar-refractivity contribution in [3.8, 4) is 0 Å². The van der Waals surface area contributed by atoms with Crippen LogP contribution in [0, 0.1) is 0 Å². The summed E-state index contributed by atoms with van der Waals surface area (Å²) in [5.41, 5.74) is 0.833. The van der Waals surface area contributed by atoms with E-state index in [2.05, 4.69) is 0 Å². The van der Waals surface area contributed by atoms with Gasteiger partial charge in [-0.15, -0.1) is 11.6 Å². The Bertz CT molecular complexity index is 501. The average Bonchev–Trinajstić information content (AvgIpc) is 2.76. The first-order chi connectivity index (χ1) is 8.05. The van der Waals surface area contributed by atoms with Crippen LogP contribution >= 0.6 is 11.6 Å². The molecule has 1 aliphatic heterocycles. The quantitative estimate of drug-likeness (QED) is 0.794. The van der Waals surface area contributed by atoms with Gasteiger partial charge in [0.1, 0.15) is 0 Å². The van der Waals surface area contributed by atoms with Crippen molar-refractivity contribution in [1.82, 2.24) is 4.31 Å². The second-order valence-corrected chi connectivity index (χ2v) is 6.55. The highest BCUT2D eigenvalue weighted by Crippen LogP contribution is 2.26. The Hall–Kier alpha value is -0.580. The minimum atomic E-state index is -3.35. The molecular weight excluding hydrogens is 258 g/mol. The number of alkyl halides is 1. The smallest absolute Gasteiger partial charge is 0.207 e. The molecule has 1 saturated heterocycles. The normalized spacial score (nSPS) is 21.9. The summed E-state index contributed by atoms with van der Waals surface area (Å²) in [6.07, 6.45) is 1.88. The molecule has 1 aromatic rings. The van der Waals surface area contributed by atoms with Crippen molar-refractivity contribution in [2.75, 3.05) is 6.54 Å². The van der Waals surface area contributed by atoms with E-state index in [9.17, 15) is 8.42 Å². The number of rotatable bonds is 3. The number of benzene rings is 1. The molecule has 0 N–H and O–H groups in total. The molecule has 0 spiro atoms. The minimum Gasteiger partial charge on any atom is -0.207 e. The molecule has 0 amide bonds. The van der Waals surface area contributed by atoms with E-state index >= 15 is 0 Å². The standard InChI is InChI=1S/C12H16ClNO2S/c1-10-4-3-7-14(10)17(15,16)12-6-2-5-11(8-12)9-13/h2,5-6,8,10H,3-4,7,9H2,1H3. The van der Waals surface area contributed by atoms with Crippen molar-refractivity contribution >= 4 is 21.6 Å². The number of sulfonamides is 1. The zero-order valence-corrected chi connectivity index (χ0v) is 11.3. The summed E-state index contributed by atoms with van der Waals surface area (Å²) >= 11 is 5.73. The lowest BCUT2D eigenvalue weighted by Crippen LogP contribution is -2.33. The van der Waals surface area contributed by atoms with Crippen LogP contribution < -0.4 is 0 Å². The third-order valence-electron chi connectivity index (χ3n) is 3.15. The Kier molecular flexibility index (Phi) is 3.76. The molecule has 0 aromatic heterocycles. The zero-order valence-electron chi connectivity index (χ0n) is 9.77. The van der Waals surface area contributed by atoms with Crippen molar-refractivity contribution in [2.45, 2.75) is 36.6 Å². The van der Waals surface area contributed by atoms with Gasteiger partial charge in [-0.2, -0.15) is 4.31 Å². The van der Waals surface area contributed by atoms with Gasteiger partial charge in [-0.25, -0.2) is 8.42 Å². The Labute approximate surface area is 107 Å². The topological polar surface area (TPSA) is 37.4 Å². The first-order valence-corrected chi connectivity index (χ1v) is 7.70. The van der Waals surface area contributed by atoms with E-state index in [0.717, 1.165) is 18.4 Å². The van der Waals surface area contributed by atoms with Crippen molar-refractivity contribution in [3.05, 3.63) is 29.8 Å². The fraction of sp³-hybridized carbons (Fsp3) is 0.500. The second kappa shape index (κ2) is 4.96. The first-order valence-electron chi connectivity index (χ1n) is 5.72. The molecule has 1 fully saturated rings. The lowest BCUT2D eigenvalue weighted by molar-refractivity contribution is 0.408. The first kappa shape index (κ1) is 12.9. The van der Waals surface area contributed by atoms with Gasteiger partial charge in [-0.3, -0.25) is 0 Å². The number of halogens is 1. The summed E-state index contributed by atoms with van der Waals surface area (Å²) in [6.45, 7) is 2.57. The maximum absolute atomic E-state index is 12.4. The summed E-state index contributed by atoms with van der Waals surface area (Å²) in [5, 5.41) is 0. The van der Waals surface area contributed by atoms with Crippen LogP contribution in [0.4, 0.5) is 0 Å². The Morgan fingerprint density at radius 2 is 2.24 bits per heavy atom. The molecule has 1 aliphatic rings. The monoisotopic (exact) mass is 273 g/mol. The number of hydrogen-bond donors (Lipinski definition) is 0. The van der Waals surface area contributed by atoms with Crippen molar-refractivity contribution in [3.63, 3.8) is 0 Å². The Morgan fingerprint density at radius 1 is 1.47 bits per heavy atom. The van der Waals surface area contributed by atoms with E-state index in [1.54, 1.807) is 22.5 Å². The van der Waals surface area contributed by atoms with E-state index in [4.69, 9.17) is 11.6 Å². The van der Waals surface area contributed by atoms with Crippen LogP contribution in [0.25, 0.3) is 0 Å². The number of nitrogens with zero attached hydrogens (tertiary/aromatic N) is 1. The molecule has 0 aliphatic carbocycles. The van der Waals surface area contributed by atoms with Crippen LogP contribution in [0.2, 0.25) is 0 Å².